The number of hydrogen-bond donors (Lipinski definition) is 1. The molecular formula is C34H50N4O3. The van der Waals surface area contributed by atoms with E-state index in [1.54, 1.807) is 7.11 Å². The molecule has 0 spiro atoms. The number of unbranched alkanes of at least 4 members (excludes halogenated alkanes) is 1. The molecule has 3 rings (SSSR count). The average Bonchev–Trinajstić information content (AvgIpc) is 2.97. The van der Waals surface area contributed by atoms with E-state index < -0.39 is 0 Å². The van der Waals surface area contributed by atoms with Crippen molar-refractivity contribution in [1.82, 2.24) is 14.7 Å². The minimum Gasteiger partial charge on any atom is -0.496 e. The summed E-state index contributed by atoms with van der Waals surface area (Å²) < 4.78 is 5.45. The topological polar surface area (TPSA) is 65.1 Å². The first kappa shape index (κ1) is 32.2. The molecule has 7 nitrogen and oxygen atoms in total. The van der Waals surface area contributed by atoms with Crippen molar-refractivity contribution in [3.05, 3.63) is 65.2 Å². The Balaban J connectivity index is 1.56. The highest BCUT2D eigenvalue weighted by Crippen LogP contribution is 2.32. The number of piperazine rings is 1. The van der Waals surface area contributed by atoms with Gasteiger partial charge in [-0.15, -0.1) is 0 Å². The Morgan fingerprint density at radius 1 is 0.976 bits per heavy atom. The predicted molar refractivity (Wildman–Crippen MR) is 170 cm³/mol. The van der Waals surface area contributed by atoms with E-state index in [2.05, 4.69) is 63.0 Å². The SMILES string of the molecule is CCCCC(=O)N(CC=Cc1ccccc1OC)CCN1CCN(C(=O)Nc2c(C(C)C)cccc2C(C)C)CC1. The second kappa shape index (κ2) is 16.2. The maximum Gasteiger partial charge on any atom is 0.321 e. The number of methoxy groups -OCH3 is 1. The van der Waals surface area contributed by atoms with Gasteiger partial charge in [0.2, 0.25) is 5.91 Å². The number of benzene rings is 2. The van der Waals surface area contributed by atoms with Crippen LogP contribution < -0.4 is 10.1 Å². The Hall–Kier alpha value is -3.32. The minimum absolute atomic E-state index is 0.0301. The summed E-state index contributed by atoms with van der Waals surface area (Å²) in [5.74, 6) is 1.67. The van der Waals surface area contributed by atoms with Crippen molar-refractivity contribution in [2.45, 2.75) is 65.7 Å². The van der Waals surface area contributed by atoms with Gasteiger partial charge in [-0.3, -0.25) is 9.69 Å². The largest absolute Gasteiger partial charge is 0.496 e. The molecular weight excluding hydrogens is 512 g/mol. The van der Waals surface area contributed by atoms with Crippen molar-refractivity contribution in [3.63, 3.8) is 0 Å². The number of rotatable bonds is 13. The molecule has 0 saturated carbocycles. The summed E-state index contributed by atoms with van der Waals surface area (Å²) in [6.07, 6.45) is 6.55. The second-order valence-corrected chi connectivity index (χ2v) is 11.5. The van der Waals surface area contributed by atoms with Crippen LogP contribution in [0.4, 0.5) is 10.5 Å². The number of amides is 3. The van der Waals surface area contributed by atoms with Gasteiger partial charge in [0.25, 0.3) is 0 Å². The molecule has 0 atom stereocenters. The third kappa shape index (κ3) is 9.35. The Kier molecular flexibility index (Phi) is 12.7. The zero-order valence-electron chi connectivity index (χ0n) is 26.0. The number of anilines is 1. The molecule has 1 heterocycles. The van der Waals surface area contributed by atoms with Crippen LogP contribution in [0.5, 0.6) is 5.75 Å². The molecule has 7 heteroatoms. The standard InChI is InChI=1S/C34H50N4O3/c1-7-8-18-32(39)37(19-12-14-28-13-9-10-17-31(28)41-6)23-20-36-21-24-38(25-22-36)34(40)35-33-29(26(2)3)15-11-16-30(33)27(4)5/h9-17,26-27H,7-8,18-25H2,1-6H3,(H,35,40). The maximum absolute atomic E-state index is 13.3. The molecule has 224 valence electrons. The van der Waals surface area contributed by atoms with Crippen LogP contribution in [0.3, 0.4) is 0 Å². The van der Waals surface area contributed by atoms with Gasteiger partial charge in [-0.05, 0) is 35.4 Å². The number of ether oxygens (including phenoxy) is 1. The zero-order valence-corrected chi connectivity index (χ0v) is 26.0. The van der Waals surface area contributed by atoms with Gasteiger partial charge in [0, 0.05) is 63.5 Å². The van der Waals surface area contributed by atoms with Crippen LogP contribution in [0.2, 0.25) is 0 Å². The fourth-order valence-electron chi connectivity index (χ4n) is 5.23. The first-order valence-electron chi connectivity index (χ1n) is 15.2. The number of para-hydroxylation sites is 2. The Bertz CT molecular complexity index is 1130. The monoisotopic (exact) mass is 562 g/mol. The summed E-state index contributed by atoms with van der Waals surface area (Å²) in [6, 6.07) is 14.2. The lowest BCUT2D eigenvalue weighted by Gasteiger charge is -2.36. The number of hydrogen-bond acceptors (Lipinski definition) is 4. The first-order valence-corrected chi connectivity index (χ1v) is 15.2. The normalized spacial score (nSPS) is 14.2. The van der Waals surface area contributed by atoms with Crippen molar-refractivity contribution in [2.75, 3.05) is 58.2 Å². The fourth-order valence-corrected chi connectivity index (χ4v) is 5.23. The van der Waals surface area contributed by atoms with E-state index in [4.69, 9.17) is 4.74 Å². The molecule has 0 radical (unpaired) electrons. The van der Waals surface area contributed by atoms with Gasteiger partial charge in [0.1, 0.15) is 5.75 Å². The van der Waals surface area contributed by atoms with Gasteiger partial charge >= 0.3 is 6.03 Å². The fraction of sp³-hybridized carbons (Fsp3) is 0.529. The lowest BCUT2D eigenvalue weighted by molar-refractivity contribution is -0.131. The van der Waals surface area contributed by atoms with Gasteiger partial charge in [0.15, 0.2) is 0 Å². The van der Waals surface area contributed by atoms with Gasteiger partial charge < -0.3 is 19.9 Å². The summed E-state index contributed by atoms with van der Waals surface area (Å²) in [5, 5.41) is 3.25. The summed E-state index contributed by atoms with van der Waals surface area (Å²) in [5.41, 5.74) is 4.32. The summed E-state index contributed by atoms with van der Waals surface area (Å²) in [6.45, 7) is 15.7. The van der Waals surface area contributed by atoms with E-state index >= 15 is 0 Å². The third-order valence-corrected chi connectivity index (χ3v) is 7.81. The van der Waals surface area contributed by atoms with Gasteiger partial charge in [-0.2, -0.15) is 0 Å². The van der Waals surface area contributed by atoms with E-state index in [0.717, 1.165) is 49.5 Å². The lowest BCUT2D eigenvalue weighted by atomic mass is 9.93. The molecule has 0 unspecified atom stereocenters. The van der Waals surface area contributed by atoms with Crippen LogP contribution in [0.25, 0.3) is 6.08 Å². The molecule has 1 saturated heterocycles. The van der Waals surface area contributed by atoms with Crippen molar-refractivity contribution in [3.8, 4) is 5.75 Å². The minimum atomic E-state index is -0.0301. The van der Waals surface area contributed by atoms with Crippen LogP contribution >= 0.6 is 0 Å². The Morgan fingerprint density at radius 3 is 2.24 bits per heavy atom. The van der Waals surface area contributed by atoms with Crippen LogP contribution in [0, 0.1) is 0 Å². The van der Waals surface area contributed by atoms with Gasteiger partial charge in [0.05, 0.1) is 7.11 Å². The first-order chi connectivity index (χ1) is 19.7. The third-order valence-electron chi connectivity index (χ3n) is 7.81. The molecule has 0 aliphatic carbocycles. The number of nitrogens with zero attached hydrogens (tertiary/aromatic N) is 3. The van der Waals surface area contributed by atoms with E-state index in [0.29, 0.717) is 44.4 Å². The van der Waals surface area contributed by atoms with Crippen molar-refractivity contribution >= 4 is 23.7 Å². The smallest absolute Gasteiger partial charge is 0.321 e. The van der Waals surface area contributed by atoms with Crippen LogP contribution in [-0.2, 0) is 4.79 Å². The molecule has 2 aromatic rings. The second-order valence-electron chi connectivity index (χ2n) is 11.5. The number of nitrogens with one attached hydrogen (secondary N) is 1. The van der Waals surface area contributed by atoms with Crippen LogP contribution in [-0.4, -0.2) is 79.6 Å². The van der Waals surface area contributed by atoms with Gasteiger partial charge in [-0.25, -0.2) is 4.79 Å². The number of urea groups is 1. The average molecular weight is 563 g/mol. The molecule has 2 aromatic carbocycles. The molecule has 1 fully saturated rings. The molecule has 1 aliphatic rings. The highest BCUT2D eigenvalue weighted by atomic mass is 16.5. The number of carbonyl (C=O) groups excluding carboxylic acids is 2. The Labute approximate surface area is 247 Å². The highest BCUT2D eigenvalue weighted by molar-refractivity contribution is 5.91. The molecule has 41 heavy (non-hydrogen) atoms. The van der Waals surface area contributed by atoms with Gasteiger partial charge in [-0.1, -0.05) is 89.6 Å². The number of carbonyl (C=O) groups is 2. The van der Waals surface area contributed by atoms with E-state index in [-0.39, 0.29) is 11.9 Å². The molecule has 0 aromatic heterocycles. The summed E-state index contributed by atoms with van der Waals surface area (Å²) >= 11 is 0. The predicted octanol–water partition coefficient (Wildman–Crippen LogP) is 6.82. The summed E-state index contributed by atoms with van der Waals surface area (Å²) in [7, 11) is 1.67. The van der Waals surface area contributed by atoms with E-state index in [1.165, 1.54) is 11.1 Å². The van der Waals surface area contributed by atoms with Crippen LogP contribution in [0.1, 0.15) is 82.4 Å². The van der Waals surface area contributed by atoms with E-state index in [1.807, 2.05) is 46.2 Å². The Morgan fingerprint density at radius 2 is 1.63 bits per heavy atom. The highest BCUT2D eigenvalue weighted by Gasteiger charge is 2.24. The molecule has 0 bridgehead atoms. The lowest BCUT2D eigenvalue weighted by Crippen LogP contribution is -2.51. The summed E-state index contributed by atoms with van der Waals surface area (Å²) in [4.78, 5) is 32.5. The van der Waals surface area contributed by atoms with E-state index in [9.17, 15) is 9.59 Å². The molecule has 1 N–H and O–H groups in total. The quantitative estimate of drug-likeness (QED) is 0.291. The maximum atomic E-state index is 13.3. The molecule has 3 amide bonds. The van der Waals surface area contributed by atoms with Crippen molar-refractivity contribution < 1.29 is 14.3 Å². The van der Waals surface area contributed by atoms with Crippen molar-refractivity contribution in [2.24, 2.45) is 0 Å². The van der Waals surface area contributed by atoms with Crippen molar-refractivity contribution in [1.29, 1.82) is 0 Å². The molecule has 1 aliphatic heterocycles. The zero-order chi connectivity index (χ0) is 29.8. The van der Waals surface area contributed by atoms with Crippen LogP contribution in [0.15, 0.2) is 48.5 Å².